The minimum absolute atomic E-state index is 0.00278. The Kier molecular flexibility index (Phi) is 18.9. The third kappa shape index (κ3) is 14.0. The molecule has 2 fully saturated rings. The first-order valence-corrected chi connectivity index (χ1v) is 23.6. The van der Waals surface area contributed by atoms with Crippen molar-refractivity contribution in [1.82, 2.24) is 0 Å². The fraction of sp³-hybridized carbons (Fsp3) is 0.333. The molecule has 77 heavy (non-hydrogen) atoms. The van der Waals surface area contributed by atoms with Crippen LogP contribution in [-0.4, -0.2) is 39.6 Å². The quantitative estimate of drug-likeness (QED) is 0.0512. The smallest absolute Gasteiger partial charge is 0.429 e. The van der Waals surface area contributed by atoms with Crippen LogP contribution in [0.15, 0.2) is 84.9 Å². The third-order valence-electron chi connectivity index (χ3n) is 11.9. The molecule has 0 bridgehead atoms. The maximum absolute atomic E-state index is 14.9. The van der Waals surface area contributed by atoms with Gasteiger partial charge in [-0.2, -0.15) is 17.6 Å². The zero-order chi connectivity index (χ0) is 55.9. The van der Waals surface area contributed by atoms with Gasteiger partial charge in [-0.05, 0) is 79.1 Å². The lowest BCUT2D eigenvalue weighted by Crippen LogP contribution is -2.30. The van der Waals surface area contributed by atoms with E-state index in [4.69, 9.17) is 23.7 Å². The lowest BCUT2D eigenvalue weighted by molar-refractivity contribution is -0.212. The highest BCUT2D eigenvalue weighted by atomic mass is 19.3. The summed E-state index contributed by atoms with van der Waals surface area (Å²) < 4.78 is 263. The maximum atomic E-state index is 14.9. The summed E-state index contributed by atoms with van der Waals surface area (Å²) in [6.07, 6.45) is -7.40. The van der Waals surface area contributed by atoms with Crippen molar-refractivity contribution in [3.05, 3.63) is 177 Å². The van der Waals surface area contributed by atoms with Gasteiger partial charge < -0.3 is 33.2 Å². The molecule has 6 aromatic carbocycles. The van der Waals surface area contributed by atoms with Crippen LogP contribution >= 0.6 is 0 Å². The van der Waals surface area contributed by atoms with E-state index in [1.807, 2.05) is 6.92 Å². The lowest BCUT2D eigenvalue weighted by atomic mass is 10.00. The molecule has 0 atom stereocenters. The summed E-state index contributed by atoms with van der Waals surface area (Å²) in [5.41, 5.74) is -5.04. The highest BCUT2D eigenvalue weighted by molar-refractivity contribution is 5.66. The van der Waals surface area contributed by atoms with E-state index in [2.05, 4.69) is 16.4 Å². The average molecular weight is 1110 g/mol. The van der Waals surface area contributed by atoms with Crippen molar-refractivity contribution in [2.45, 2.75) is 64.3 Å². The van der Waals surface area contributed by atoms with Crippen LogP contribution in [0.1, 0.15) is 74.4 Å². The van der Waals surface area contributed by atoms with Crippen LogP contribution in [0.4, 0.5) is 70.2 Å². The van der Waals surface area contributed by atoms with Crippen molar-refractivity contribution in [3.63, 3.8) is 0 Å². The summed E-state index contributed by atoms with van der Waals surface area (Å²) in [7, 11) is 0. The molecule has 2 aliphatic heterocycles. The molecule has 2 saturated heterocycles. The molecule has 2 aliphatic rings. The Bertz CT molecular complexity index is 2940. The molecule has 0 aromatic heterocycles. The van der Waals surface area contributed by atoms with Crippen LogP contribution in [0.5, 0.6) is 11.5 Å². The molecule has 8 rings (SSSR count). The predicted molar refractivity (Wildman–Crippen MR) is 242 cm³/mol. The third-order valence-corrected chi connectivity index (χ3v) is 11.9. The van der Waals surface area contributed by atoms with Gasteiger partial charge in [0.1, 0.15) is 57.5 Å². The molecule has 6 aromatic rings. The average Bonchev–Trinajstić information content (AvgIpc) is 3.36. The summed E-state index contributed by atoms with van der Waals surface area (Å²) in [6.45, 7) is 6.08. The van der Waals surface area contributed by atoms with E-state index >= 15 is 0 Å². The van der Waals surface area contributed by atoms with Crippen LogP contribution in [0, 0.1) is 81.6 Å². The highest BCUT2D eigenvalue weighted by Gasteiger charge is 2.43. The summed E-state index contributed by atoms with van der Waals surface area (Å²) >= 11 is 0. The zero-order valence-corrected chi connectivity index (χ0v) is 40.4. The fourth-order valence-electron chi connectivity index (χ4n) is 8.12. The van der Waals surface area contributed by atoms with E-state index in [0.717, 1.165) is 43.9 Å². The Morgan fingerprint density at radius 3 is 1.32 bits per heavy atom. The Morgan fingerprint density at radius 1 is 0.442 bits per heavy atom. The highest BCUT2D eigenvalue weighted by Crippen LogP contribution is 2.41. The molecule has 0 aliphatic carbocycles. The van der Waals surface area contributed by atoms with Gasteiger partial charge in [-0.1, -0.05) is 38.3 Å². The van der Waals surface area contributed by atoms with Gasteiger partial charge in [0.05, 0.1) is 33.0 Å². The molecule has 23 heteroatoms. The number of unbranched alkanes of at least 4 members (excludes halogenated alkanes) is 2. The van der Waals surface area contributed by atoms with E-state index in [1.54, 1.807) is 0 Å². The van der Waals surface area contributed by atoms with E-state index < -0.39 is 134 Å². The second-order valence-electron chi connectivity index (χ2n) is 17.6. The number of halogens is 16. The largest absolute Gasteiger partial charge is 0.432 e. The number of rotatable bonds is 17. The zero-order valence-electron chi connectivity index (χ0n) is 40.4. The van der Waals surface area contributed by atoms with Gasteiger partial charge in [0.25, 0.3) is 0 Å². The SMILES string of the molecule is CCCCCC1COC(c2cc(F)c(C(F)(F)Oc3ccc(-c4cc(F)c(F)c(F)c4)c(F)c3)c(F)c2)OC1.CCOCC1COC(c2ccc(-c3cc(F)c(C(F)(F)Oc4cc(F)c(F)c(F)c4)c(F)c3)c(F)c2)OC1. The van der Waals surface area contributed by atoms with Crippen molar-refractivity contribution in [2.24, 2.45) is 11.8 Å². The lowest BCUT2D eigenvalue weighted by Gasteiger charge is -2.30. The second kappa shape index (κ2) is 24.9. The number of hydrogen-bond donors (Lipinski definition) is 0. The Labute approximate surface area is 429 Å². The Balaban J connectivity index is 0.000000224. The van der Waals surface area contributed by atoms with Crippen molar-refractivity contribution >= 4 is 0 Å². The molecule has 0 saturated carbocycles. The molecule has 0 unspecified atom stereocenters. The van der Waals surface area contributed by atoms with Gasteiger partial charge in [-0.3, -0.25) is 0 Å². The predicted octanol–water partition coefficient (Wildman–Crippen LogP) is 15.6. The fourth-order valence-corrected chi connectivity index (χ4v) is 8.12. The molecule has 0 N–H and O–H groups in total. The minimum atomic E-state index is -4.76. The standard InChI is InChI=1S/C28H24F8O3.C26H20F8O4/c1-2-3-4-5-15-13-37-27(38-14-15)17-10-21(30)25(22(31)11-17)28(35,36)39-18-6-7-19(20(29)12-18)16-8-23(32)26(34)24(33)9-16;1-2-35-10-13-11-36-25(37-12-13)14-3-4-17(18(27)5-14)15-6-19(28)23(20(29)7-15)26(33,34)38-16-8-21(30)24(32)22(31)9-16/h6-12,15,27H,2-5,13-14H2,1H3;3-9,13,25H,2,10-12H2,1H3. The van der Waals surface area contributed by atoms with Crippen molar-refractivity contribution in [1.29, 1.82) is 0 Å². The van der Waals surface area contributed by atoms with E-state index in [0.29, 0.717) is 68.9 Å². The van der Waals surface area contributed by atoms with Crippen molar-refractivity contribution < 1.29 is 103 Å². The summed E-state index contributed by atoms with van der Waals surface area (Å²) in [5.74, 6) is -21.6. The summed E-state index contributed by atoms with van der Waals surface area (Å²) in [6, 6.07) is 9.10. The second-order valence-corrected chi connectivity index (χ2v) is 17.6. The van der Waals surface area contributed by atoms with Crippen molar-refractivity contribution in [2.75, 3.05) is 39.6 Å². The maximum Gasteiger partial charge on any atom is 0.432 e. The first kappa shape index (κ1) is 58.3. The Hall–Kier alpha value is -6.40. The molecule has 7 nitrogen and oxygen atoms in total. The van der Waals surface area contributed by atoms with Crippen LogP contribution in [0.3, 0.4) is 0 Å². The van der Waals surface area contributed by atoms with Gasteiger partial charge in [0, 0.05) is 58.9 Å². The minimum Gasteiger partial charge on any atom is -0.429 e. The number of ether oxygens (including phenoxy) is 7. The molecule has 414 valence electrons. The van der Waals surface area contributed by atoms with Gasteiger partial charge in [-0.25, -0.2) is 52.7 Å². The van der Waals surface area contributed by atoms with Crippen LogP contribution in [0.25, 0.3) is 22.3 Å². The van der Waals surface area contributed by atoms with Crippen molar-refractivity contribution in [3.8, 4) is 33.8 Å². The van der Waals surface area contributed by atoms with Gasteiger partial charge in [-0.15, -0.1) is 0 Å². The molecule has 0 radical (unpaired) electrons. The van der Waals surface area contributed by atoms with Gasteiger partial charge >= 0.3 is 12.2 Å². The van der Waals surface area contributed by atoms with E-state index in [9.17, 15) is 70.2 Å². The summed E-state index contributed by atoms with van der Waals surface area (Å²) in [5, 5.41) is 0. The monoisotopic (exact) mass is 1110 g/mol. The first-order valence-electron chi connectivity index (χ1n) is 23.6. The molecule has 2 heterocycles. The van der Waals surface area contributed by atoms with Crippen LogP contribution in [0.2, 0.25) is 0 Å². The van der Waals surface area contributed by atoms with Gasteiger partial charge in [0.15, 0.2) is 47.5 Å². The molecular formula is C54H44F16O7. The molecule has 0 amide bonds. The number of benzene rings is 6. The Morgan fingerprint density at radius 2 is 0.844 bits per heavy atom. The molecular weight excluding hydrogens is 1060 g/mol. The van der Waals surface area contributed by atoms with E-state index in [1.165, 1.54) is 12.1 Å². The van der Waals surface area contributed by atoms with Crippen LogP contribution < -0.4 is 9.47 Å². The van der Waals surface area contributed by atoms with Crippen LogP contribution in [-0.2, 0) is 35.9 Å². The number of hydrogen-bond acceptors (Lipinski definition) is 7. The van der Waals surface area contributed by atoms with Gasteiger partial charge in [0.2, 0.25) is 0 Å². The normalized spacial score (nSPS) is 17.9. The van der Waals surface area contributed by atoms with E-state index in [-0.39, 0.29) is 53.9 Å². The molecule has 0 spiro atoms. The first-order chi connectivity index (χ1) is 36.5. The topological polar surface area (TPSA) is 64.6 Å². The summed E-state index contributed by atoms with van der Waals surface area (Å²) in [4.78, 5) is 0. The number of alkyl halides is 4.